The molecular weight excluding hydrogens is 142 g/mol. The summed E-state index contributed by atoms with van der Waals surface area (Å²) in [7, 11) is 0. The number of ether oxygens (including phenoxy) is 2. The van der Waals surface area contributed by atoms with Crippen molar-refractivity contribution in [1.82, 2.24) is 5.32 Å². The van der Waals surface area contributed by atoms with Crippen molar-refractivity contribution in [1.29, 1.82) is 0 Å². The summed E-state index contributed by atoms with van der Waals surface area (Å²) in [4.78, 5) is 0. The summed E-state index contributed by atoms with van der Waals surface area (Å²) in [5.74, 6) is 0. The molecule has 0 bridgehead atoms. The van der Waals surface area contributed by atoms with Crippen LogP contribution in [0.25, 0.3) is 0 Å². The van der Waals surface area contributed by atoms with E-state index in [1.54, 1.807) is 0 Å². The summed E-state index contributed by atoms with van der Waals surface area (Å²) < 4.78 is 10.8. The smallest absolute Gasteiger partial charge is 0.0959 e. The number of likely N-dealkylation sites (N-methyl/N-ethyl adjacent to an activating group) is 1. The molecular formula is C8H17NO2. The Balaban J connectivity index is 2.21. The fraction of sp³-hybridized carbons (Fsp3) is 1.00. The molecule has 0 aliphatic carbocycles. The molecule has 0 aromatic heterocycles. The van der Waals surface area contributed by atoms with Gasteiger partial charge in [0, 0.05) is 6.04 Å². The molecule has 0 amide bonds. The topological polar surface area (TPSA) is 30.5 Å². The van der Waals surface area contributed by atoms with E-state index < -0.39 is 0 Å². The lowest BCUT2D eigenvalue weighted by atomic mass is 10.2. The van der Waals surface area contributed by atoms with Crippen LogP contribution < -0.4 is 5.32 Å². The van der Waals surface area contributed by atoms with Crippen LogP contribution in [0.5, 0.6) is 0 Å². The Labute approximate surface area is 68.1 Å². The Morgan fingerprint density at radius 3 is 2.91 bits per heavy atom. The Hall–Kier alpha value is -0.120. The molecule has 1 fully saturated rings. The first-order chi connectivity index (χ1) is 5.34. The monoisotopic (exact) mass is 159 g/mol. The third-order valence-corrected chi connectivity index (χ3v) is 1.93. The Morgan fingerprint density at radius 1 is 1.55 bits per heavy atom. The predicted octanol–water partition coefficient (Wildman–Crippen LogP) is 0.400. The van der Waals surface area contributed by atoms with Gasteiger partial charge in [-0.25, -0.2) is 0 Å². The molecule has 0 aromatic carbocycles. The molecule has 1 N–H and O–H groups in total. The van der Waals surface area contributed by atoms with Crippen LogP contribution in [0.4, 0.5) is 0 Å². The lowest BCUT2D eigenvalue weighted by Crippen LogP contribution is -2.44. The van der Waals surface area contributed by atoms with Gasteiger partial charge in [0.15, 0.2) is 0 Å². The van der Waals surface area contributed by atoms with Crippen molar-refractivity contribution in [2.24, 2.45) is 0 Å². The predicted molar refractivity (Wildman–Crippen MR) is 43.7 cm³/mol. The van der Waals surface area contributed by atoms with Crippen molar-refractivity contribution in [3.8, 4) is 0 Å². The van der Waals surface area contributed by atoms with E-state index in [4.69, 9.17) is 9.47 Å². The molecule has 1 heterocycles. The van der Waals surface area contributed by atoms with E-state index in [1.807, 2.05) is 0 Å². The zero-order valence-electron chi connectivity index (χ0n) is 7.30. The van der Waals surface area contributed by atoms with E-state index in [9.17, 15) is 0 Å². The highest BCUT2D eigenvalue weighted by atomic mass is 16.6. The van der Waals surface area contributed by atoms with E-state index in [0.717, 1.165) is 26.4 Å². The van der Waals surface area contributed by atoms with E-state index in [1.165, 1.54) is 0 Å². The van der Waals surface area contributed by atoms with Crippen LogP contribution in [0, 0.1) is 0 Å². The minimum atomic E-state index is 0.240. The van der Waals surface area contributed by atoms with Crippen LogP contribution in [0.1, 0.15) is 13.8 Å². The van der Waals surface area contributed by atoms with Gasteiger partial charge in [-0.15, -0.1) is 0 Å². The minimum absolute atomic E-state index is 0.240. The van der Waals surface area contributed by atoms with Crippen molar-refractivity contribution in [2.75, 3.05) is 26.4 Å². The van der Waals surface area contributed by atoms with Gasteiger partial charge in [-0.05, 0) is 13.5 Å². The lowest BCUT2D eigenvalue weighted by molar-refractivity contribution is -0.0988. The molecule has 66 valence electrons. The first kappa shape index (κ1) is 8.97. The van der Waals surface area contributed by atoms with Crippen molar-refractivity contribution in [3.05, 3.63) is 0 Å². The number of hydrogen-bond acceptors (Lipinski definition) is 3. The van der Waals surface area contributed by atoms with Gasteiger partial charge in [-0.3, -0.25) is 0 Å². The van der Waals surface area contributed by atoms with Crippen LogP contribution in [0.2, 0.25) is 0 Å². The van der Waals surface area contributed by atoms with Gasteiger partial charge < -0.3 is 14.8 Å². The standard InChI is InChI=1S/C8H17NO2/c1-3-9-7(2)8-6-10-4-5-11-8/h7-9H,3-6H2,1-2H3. The number of nitrogens with one attached hydrogen (secondary N) is 1. The van der Waals surface area contributed by atoms with Gasteiger partial charge in [0.05, 0.1) is 25.9 Å². The third-order valence-electron chi connectivity index (χ3n) is 1.93. The van der Waals surface area contributed by atoms with Gasteiger partial charge >= 0.3 is 0 Å². The van der Waals surface area contributed by atoms with E-state index in [2.05, 4.69) is 19.2 Å². The van der Waals surface area contributed by atoms with Crippen LogP contribution in [-0.2, 0) is 9.47 Å². The first-order valence-corrected chi connectivity index (χ1v) is 4.27. The summed E-state index contributed by atoms with van der Waals surface area (Å²) in [6, 6.07) is 0.403. The maximum atomic E-state index is 5.50. The highest BCUT2D eigenvalue weighted by Gasteiger charge is 2.19. The zero-order valence-corrected chi connectivity index (χ0v) is 7.30. The van der Waals surface area contributed by atoms with E-state index in [0.29, 0.717) is 6.04 Å². The average molecular weight is 159 g/mol. The number of hydrogen-bond donors (Lipinski definition) is 1. The molecule has 0 saturated carbocycles. The summed E-state index contributed by atoms with van der Waals surface area (Å²) in [6.07, 6.45) is 0.240. The van der Waals surface area contributed by atoms with Gasteiger partial charge in [-0.2, -0.15) is 0 Å². The normalized spacial score (nSPS) is 28.4. The van der Waals surface area contributed by atoms with Crippen molar-refractivity contribution < 1.29 is 9.47 Å². The molecule has 2 atom stereocenters. The summed E-state index contributed by atoms with van der Waals surface area (Å²) in [5.41, 5.74) is 0. The molecule has 11 heavy (non-hydrogen) atoms. The Bertz CT molecular complexity index is 102. The first-order valence-electron chi connectivity index (χ1n) is 4.27. The molecule has 0 radical (unpaired) electrons. The highest BCUT2D eigenvalue weighted by Crippen LogP contribution is 2.04. The quantitative estimate of drug-likeness (QED) is 0.646. The summed E-state index contributed by atoms with van der Waals surface area (Å²) in [5, 5.41) is 3.31. The fourth-order valence-corrected chi connectivity index (χ4v) is 1.25. The molecule has 1 saturated heterocycles. The van der Waals surface area contributed by atoms with Crippen LogP contribution in [0.3, 0.4) is 0 Å². The molecule has 2 unspecified atom stereocenters. The molecule has 0 aromatic rings. The third kappa shape index (κ3) is 2.77. The maximum absolute atomic E-state index is 5.50. The second-order valence-electron chi connectivity index (χ2n) is 2.83. The number of rotatable bonds is 3. The lowest BCUT2D eigenvalue weighted by Gasteiger charge is -2.28. The molecule has 1 aliphatic rings. The maximum Gasteiger partial charge on any atom is 0.0959 e. The minimum Gasteiger partial charge on any atom is -0.376 e. The second kappa shape index (κ2) is 4.70. The van der Waals surface area contributed by atoms with Crippen molar-refractivity contribution in [2.45, 2.75) is 26.0 Å². The zero-order chi connectivity index (χ0) is 8.10. The Morgan fingerprint density at radius 2 is 2.36 bits per heavy atom. The van der Waals surface area contributed by atoms with Crippen LogP contribution in [0.15, 0.2) is 0 Å². The van der Waals surface area contributed by atoms with Gasteiger partial charge in [0.2, 0.25) is 0 Å². The van der Waals surface area contributed by atoms with Crippen LogP contribution >= 0.6 is 0 Å². The van der Waals surface area contributed by atoms with Gasteiger partial charge in [0.1, 0.15) is 0 Å². The molecule has 3 heteroatoms. The fourth-order valence-electron chi connectivity index (χ4n) is 1.25. The largest absolute Gasteiger partial charge is 0.376 e. The Kier molecular flexibility index (Phi) is 3.83. The van der Waals surface area contributed by atoms with Crippen LogP contribution in [-0.4, -0.2) is 38.5 Å². The molecule has 1 rings (SSSR count). The van der Waals surface area contributed by atoms with Gasteiger partial charge in [0.25, 0.3) is 0 Å². The van der Waals surface area contributed by atoms with Crippen molar-refractivity contribution in [3.63, 3.8) is 0 Å². The van der Waals surface area contributed by atoms with E-state index >= 15 is 0 Å². The van der Waals surface area contributed by atoms with E-state index in [-0.39, 0.29) is 6.10 Å². The summed E-state index contributed by atoms with van der Waals surface area (Å²) >= 11 is 0. The molecule has 0 spiro atoms. The second-order valence-corrected chi connectivity index (χ2v) is 2.83. The van der Waals surface area contributed by atoms with Crippen molar-refractivity contribution >= 4 is 0 Å². The summed E-state index contributed by atoms with van der Waals surface area (Å²) in [6.45, 7) is 7.42. The SMILES string of the molecule is CCNC(C)C1COCCO1. The highest BCUT2D eigenvalue weighted by molar-refractivity contribution is 4.73. The average Bonchev–Trinajstić information content (AvgIpc) is 2.07. The van der Waals surface area contributed by atoms with Gasteiger partial charge in [-0.1, -0.05) is 6.92 Å². The molecule has 3 nitrogen and oxygen atoms in total. The molecule has 1 aliphatic heterocycles.